The Morgan fingerprint density at radius 2 is 2.13 bits per heavy atom. The quantitative estimate of drug-likeness (QED) is 0.764. The molecule has 0 atom stereocenters. The minimum atomic E-state index is -0.252. The molecule has 2 rings (SSSR count). The average molecular weight is 334 g/mol. The molecule has 0 fully saturated rings. The summed E-state index contributed by atoms with van der Waals surface area (Å²) in [4.78, 5) is 19.3. The molecule has 23 heavy (non-hydrogen) atoms. The van der Waals surface area contributed by atoms with Gasteiger partial charge in [-0.2, -0.15) is 0 Å². The third kappa shape index (κ3) is 5.01. The number of aryl methyl sites for hydroxylation is 1. The second-order valence-electron chi connectivity index (χ2n) is 4.99. The van der Waals surface area contributed by atoms with Gasteiger partial charge in [-0.3, -0.25) is 0 Å². The molecule has 1 aromatic heterocycles. The minimum Gasteiger partial charge on any atom is -0.395 e. The molecule has 0 aliphatic heterocycles. The van der Waals surface area contributed by atoms with E-state index in [4.69, 9.17) is 0 Å². The molecule has 0 saturated heterocycles. The zero-order valence-corrected chi connectivity index (χ0v) is 14.2. The number of hydrogen-bond donors (Lipinski definition) is 2. The Labute approximate surface area is 140 Å². The van der Waals surface area contributed by atoms with Crippen LogP contribution >= 0.6 is 11.8 Å². The zero-order valence-electron chi connectivity index (χ0n) is 13.4. The number of rotatable bonds is 7. The van der Waals surface area contributed by atoms with Gasteiger partial charge in [-0.05, 0) is 30.0 Å². The van der Waals surface area contributed by atoms with Crippen molar-refractivity contribution < 1.29 is 9.90 Å². The van der Waals surface area contributed by atoms with Gasteiger partial charge in [0.15, 0.2) is 0 Å². The molecule has 2 N–H and O–H groups in total. The van der Waals surface area contributed by atoms with Crippen molar-refractivity contribution in [2.75, 3.05) is 24.2 Å². The first kappa shape index (κ1) is 17.4. The molecule has 1 aromatic carbocycles. The van der Waals surface area contributed by atoms with E-state index in [0.717, 1.165) is 17.3 Å². The lowest BCUT2D eigenvalue weighted by atomic mass is 10.3. The van der Waals surface area contributed by atoms with Gasteiger partial charge in [0.2, 0.25) is 0 Å². The summed E-state index contributed by atoms with van der Waals surface area (Å²) in [6, 6.07) is 7.48. The molecule has 7 heteroatoms. The van der Waals surface area contributed by atoms with Gasteiger partial charge >= 0.3 is 6.03 Å². The number of carbonyl (C=O) groups is 1. The van der Waals surface area contributed by atoms with E-state index in [-0.39, 0.29) is 19.2 Å². The van der Waals surface area contributed by atoms with Crippen LogP contribution in [0.1, 0.15) is 12.7 Å². The number of nitrogens with zero attached hydrogens (tertiary/aromatic N) is 3. The van der Waals surface area contributed by atoms with E-state index in [1.54, 1.807) is 18.0 Å². The summed E-state index contributed by atoms with van der Waals surface area (Å²) in [6.07, 6.45) is 3.52. The number of urea groups is 1. The van der Waals surface area contributed by atoms with Crippen molar-refractivity contribution in [3.05, 3.63) is 42.5 Å². The number of hydrogen-bond acceptors (Lipinski definition) is 4. The van der Waals surface area contributed by atoms with Crippen LogP contribution in [0.3, 0.4) is 0 Å². The topological polar surface area (TPSA) is 70.4 Å². The van der Waals surface area contributed by atoms with E-state index in [1.807, 2.05) is 42.1 Å². The molecular weight excluding hydrogens is 312 g/mol. The van der Waals surface area contributed by atoms with E-state index in [1.165, 1.54) is 9.80 Å². The summed E-state index contributed by atoms with van der Waals surface area (Å²) in [5.41, 5.74) is 0.734. The van der Waals surface area contributed by atoms with Gasteiger partial charge in [0, 0.05) is 36.6 Å². The van der Waals surface area contributed by atoms with Crippen LogP contribution in [-0.2, 0) is 13.6 Å². The monoisotopic (exact) mass is 334 g/mol. The number of thioether (sulfide) groups is 1. The van der Waals surface area contributed by atoms with Crippen LogP contribution in [0.25, 0.3) is 0 Å². The van der Waals surface area contributed by atoms with Gasteiger partial charge in [-0.25, -0.2) is 9.78 Å². The number of imidazole rings is 1. The van der Waals surface area contributed by atoms with Crippen molar-refractivity contribution in [1.82, 2.24) is 14.5 Å². The Morgan fingerprint density at radius 1 is 1.39 bits per heavy atom. The van der Waals surface area contributed by atoms with Gasteiger partial charge in [-0.15, -0.1) is 11.8 Å². The zero-order chi connectivity index (χ0) is 16.7. The van der Waals surface area contributed by atoms with Crippen LogP contribution in [0.2, 0.25) is 0 Å². The number of carbonyl (C=O) groups excluding carboxylic acids is 1. The van der Waals surface area contributed by atoms with Gasteiger partial charge in [0.25, 0.3) is 0 Å². The van der Waals surface area contributed by atoms with Crippen molar-refractivity contribution in [1.29, 1.82) is 0 Å². The summed E-state index contributed by atoms with van der Waals surface area (Å²) in [6.45, 7) is 2.61. The van der Waals surface area contributed by atoms with Crippen LogP contribution in [0, 0.1) is 0 Å². The van der Waals surface area contributed by atoms with E-state index < -0.39 is 0 Å². The Hall–Kier alpha value is -1.99. The van der Waals surface area contributed by atoms with E-state index in [9.17, 15) is 9.90 Å². The molecule has 2 aromatic rings. The highest BCUT2D eigenvalue weighted by atomic mass is 32.2. The van der Waals surface area contributed by atoms with Crippen LogP contribution in [-0.4, -0.2) is 44.5 Å². The van der Waals surface area contributed by atoms with Crippen LogP contribution in [0.4, 0.5) is 10.5 Å². The summed E-state index contributed by atoms with van der Waals surface area (Å²) in [7, 11) is 1.88. The second kappa shape index (κ2) is 8.59. The van der Waals surface area contributed by atoms with Crippen molar-refractivity contribution in [2.45, 2.75) is 18.4 Å². The third-order valence-corrected chi connectivity index (χ3v) is 4.22. The fourth-order valence-electron chi connectivity index (χ4n) is 2.10. The predicted octanol–water partition coefficient (Wildman–Crippen LogP) is 2.56. The largest absolute Gasteiger partial charge is 0.395 e. The summed E-state index contributed by atoms with van der Waals surface area (Å²) >= 11 is 1.75. The average Bonchev–Trinajstić information content (AvgIpc) is 2.94. The molecule has 1 heterocycles. The Kier molecular flexibility index (Phi) is 6.49. The van der Waals surface area contributed by atoms with Crippen LogP contribution < -0.4 is 5.32 Å². The summed E-state index contributed by atoms with van der Waals surface area (Å²) in [5.74, 6) is 1.78. The van der Waals surface area contributed by atoms with Crippen LogP contribution in [0.15, 0.2) is 41.6 Å². The van der Waals surface area contributed by atoms with E-state index >= 15 is 0 Å². The molecule has 0 radical (unpaired) electrons. The molecule has 6 nitrogen and oxygen atoms in total. The first-order chi connectivity index (χ1) is 11.1. The molecule has 0 aliphatic rings. The molecule has 0 saturated carbocycles. The fourth-order valence-corrected chi connectivity index (χ4v) is 2.76. The highest BCUT2D eigenvalue weighted by Gasteiger charge is 2.15. The Bertz CT molecular complexity index is 627. The van der Waals surface area contributed by atoms with Crippen molar-refractivity contribution >= 4 is 23.5 Å². The first-order valence-electron chi connectivity index (χ1n) is 7.50. The number of anilines is 1. The normalized spacial score (nSPS) is 10.6. The molecule has 0 bridgehead atoms. The maximum atomic E-state index is 12.4. The number of nitrogens with one attached hydrogen (secondary N) is 1. The fraction of sp³-hybridized carbons (Fsp3) is 0.375. The molecule has 0 unspecified atom stereocenters. The number of aliphatic hydroxyl groups excluding tert-OH is 1. The lowest BCUT2D eigenvalue weighted by Gasteiger charge is -2.22. The number of amides is 2. The maximum absolute atomic E-state index is 12.4. The third-order valence-electron chi connectivity index (χ3n) is 3.33. The van der Waals surface area contributed by atoms with E-state index in [0.29, 0.717) is 6.54 Å². The van der Waals surface area contributed by atoms with Crippen molar-refractivity contribution in [3.63, 3.8) is 0 Å². The summed E-state index contributed by atoms with van der Waals surface area (Å²) < 4.78 is 1.86. The Morgan fingerprint density at radius 3 is 2.70 bits per heavy atom. The smallest absolute Gasteiger partial charge is 0.322 e. The van der Waals surface area contributed by atoms with Crippen LogP contribution in [0.5, 0.6) is 0 Å². The lowest BCUT2D eigenvalue weighted by molar-refractivity contribution is 0.183. The molecule has 124 valence electrons. The van der Waals surface area contributed by atoms with Gasteiger partial charge < -0.3 is 19.9 Å². The Balaban J connectivity index is 2.01. The van der Waals surface area contributed by atoms with Gasteiger partial charge in [-0.1, -0.05) is 6.92 Å². The van der Waals surface area contributed by atoms with Gasteiger partial charge in [0.1, 0.15) is 5.82 Å². The maximum Gasteiger partial charge on any atom is 0.322 e. The van der Waals surface area contributed by atoms with Gasteiger partial charge in [0.05, 0.1) is 13.2 Å². The molecule has 0 aliphatic carbocycles. The number of aromatic nitrogens is 2. The highest BCUT2D eigenvalue weighted by molar-refractivity contribution is 7.99. The highest BCUT2D eigenvalue weighted by Crippen LogP contribution is 2.20. The van der Waals surface area contributed by atoms with E-state index in [2.05, 4.69) is 17.2 Å². The molecule has 0 spiro atoms. The van der Waals surface area contributed by atoms with Crippen molar-refractivity contribution in [3.8, 4) is 0 Å². The SMILES string of the molecule is CCSc1ccc(NC(=O)N(CCO)Cc2nccn2C)cc1. The summed E-state index contributed by atoms with van der Waals surface area (Å²) in [5, 5.41) is 12.1. The van der Waals surface area contributed by atoms with Crippen molar-refractivity contribution in [2.24, 2.45) is 7.05 Å². The first-order valence-corrected chi connectivity index (χ1v) is 8.48. The second-order valence-corrected chi connectivity index (χ2v) is 6.32. The standard InChI is InChI=1S/C16H22N4O2S/c1-3-23-14-6-4-13(5-7-14)18-16(22)20(10-11-21)12-15-17-8-9-19(15)2/h4-9,21H,3,10-12H2,1-2H3,(H,18,22). The molecular formula is C16H22N4O2S. The minimum absolute atomic E-state index is 0.0933. The molecule has 2 amide bonds. The number of aliphatic hydroxyl groups is 1. The number of benzene rings is 1. The predicted molar refractivity (Wildman–Crippen MR) is 92.6 cm³/mol. The lowest BCUT2D eigenvalue weighted by Crippen LogP contribution is -2.37.